The Morgan fingerprint density at radius 2 is 2.22 bits per heavy atom. The van der Waals surface area contributed by atoms with E-state index < -0.39 is 0 Å². The van der Waals surface area contributed by atoms with Crippen LogP contribution in [0.2, 0.25) is 0 Å². The third kappa shape index (κ3) is 3.89. The minimum Gasteiger partial charge on any atom is -0.491 e. The highest BCUT2D eigenvalue weighted by molar-refractivity contribution is 5.49. The molecule has 0 aliphatic carbocycles. The summed E-state index contributed by atoms with van der Waals surface area (Å²) in [5.74, 6) is 0.829. The van der Waals surface area contributed by atoms with Gasteiger partial charge in [0.1, 0.15) is 12.4 Å². The molecule has 1 atom stereocenters. The van der Waals surface area contributed by atoms with Crippen LogP contribution >= 0.6 is 0 Å². The lowest BCUT2D eigenvalue weighted by molar-refractivity contribution is -0.165. The van der Waals surface area contributed by atoms with Gasteiger partial charge in [-0.25, -0.2) is 0 Å². The van der Waals surface area contributed by atoms with Crippen LogP contribution in [0, 0.1) is 6.92 Å². The van der Waals surface area contributed by atoms with Crippen molar-refractivity contribution < 1.29 is 14.2 Å². The molecule has 1 aliphatic heterocycles. The van der Waals surface area contributed by atoms with Gasteiger partial charge in [0.25, 0.3) is 0 Å². The van der Waals surface area contributed by atoms with Crippen LogP contribution in [0.25, 0.3) is 0 Å². The van der Waals surface area contributed by atoms with E-state index in [2.05, 4.69) is 0 Å². The van der Waals surface area contributed by atoms with Gasteiger partial charge in [0, 0.05) is 12.3 Å². The minimum absolute atomic E-state index is 0.0458. The molecular weight excluding hydrogens is 230 g/mol. The summed E-state index contributed by atoms with van der Waals surface area (Å²) in [6.45, 7) is 3.86. The van der Waals surface area contributed by atoms with Crippen molar-refractivity contribution in [3.8, 4) is 5.75 Å². The summed E-state index contributed by atoms with van der Waals surface area (Å²) in [5, 5.41) is 0. The second-order valence-electron chi connectivity index (χ2n) is 4.53. The summed E-state index contributed by atoms with van der Waals surface area (Å²) in [4.78, 5) is 0. The van der Waals surface area contributed by atoms with Gasteiger partial charge in [-0.3, -0.25) is 0 Å². The highest BCUT2D eigenvalue weighted by atomic mass is 16.7. The van der Waals surface area contributed by atoms with Gasteiger partial charge in [0.15, 0.2) is 6.29 Å². The molecule has 1 aromatic rings. The van der Waals surface area contributed by atoms with Gasteiger partial charge in [-0.05, 0) is 49.9 Å². The average Bonchev–Trinajstić information content (AvgIpc) is 2.40. The van der Waals surface area contributed by atoms with Crippen LogP contribution < -0.4 is 10.5 Å². The predicted molar refractivity (Wildman–Crippen MR) is 70.6 cm³/mol. The maximum atomic E-state index is 5.74. The van der Waals surface area contributed by atoms with Crippen molar-refractivity contribution in [2.45, 2.75) is 32.5 Å². The summed E-state index contributed by atoms with van der Waals surface area (Å²) in [5.41, 5.74) is 7.56. The number of hydrogen-bond donors (Lipinski definition) is 1. The monoisotopic (exact) mass is 251 g/mol. The summed E-state index contributed by atoms with van der Waals surface area (Å²) in [7, 11) is 0. The number of ether oxygens (including phenoxy) is 3. The van der Waals surface area contributed by atoms with Gasteiger partial charge in [0.05, 0.1) is 6.61 Å². The SMILES string of the molecule is Cc1cc(OCCOC2CCCCO2)ccc1N. The Labute approximate surface area is 108 Å². The number of benzene rings is 1. The molecule has 0 amide bonds. The van der Waals surface area contributed by atoms with Crippen LogP contribution in [0.15, 0.2) is 18.2 Å². The molecule has 0 bridgehead atoms. The third-order valence-corrected chi connectivity index (χ3v) is 3.03. The van der Waals surface area contributed by atoms with Crippen LogP contribution in [0.3, 0.4) is 0 Å². The number of anilines is 1. The summed E-state index contributed by atoms with van der Waals surface area (Å²) < 4.78 is 16.7. The number of aryl methyl sites for hydroxylation is 1. The van der Waals surface area contributed by atoms with Crippen molar-refractivity contribution >= 4 is 5.69 Å². The van der Waals surface area contributed by atoms with E-state index >= 15 is 0 Å². The zero-order chi connectivity index (χ0) is 12.8. The molecule has 0 saturated carbocycles. The van der Waals surface area contributed by atoms with E-state index in [0.29, 0.717) is 13.2 Å². The quantitative estimate of drug-likeness (QED) is 0.645. The average molecular weight is 251 g/mol. The Bertz CT molecular complexity index is 375. The van der Waals surface area contributed by atoms with E-state index in [-0.39, 0.29) is 6.29 Å². The normalized spacial score (nSPS) is 19.7. The third-order valence-electron chi connectivity index (χ3n) is 3.03. The Kier molecular flexibility index (Phi) is 4.84. The number of hydrogen-bond acceptors (Lipinski definition) is 4. The Balaban J connectivity index is 1.66. The van der Waals surface area contributed by atoms with Crippen molar-refractivity contribution in [3.05, 3.63) is 23.8 Å². The molecule has 1 saturated heterocycles. The maximum absolute atomic E-state index is 5.74. The molecule has 0 radical (unpaired) electrons. The molecule has 1 fully saturated rings. The molecule has 0 spiro atoms. The smallest absolute Gasteiger partial charge is 0.157 e. The molecule has 1 heterocycles. The molecule has 100 valence electrons. The fourth-order valence-electron chi connectivity index (χ4n) is 1.92. The van der Waals surface area contributed by atoms with E-state index in [1.807, 2.05) is 25.1 Å². The van der Waals surface area contributed by atoms with Gasteiger partial charge >= 0.3 is 0 Å². The maximum Gasteiger partial charge on any atom is 0.157 e. The lowest BCUT2D eigenvalue weighted by atomic mass is 10.2. The Morgan fingerprint density at radius 3 is 2.94 bits per heavy atom. The molecule has 1 aromatic carbocycles. The molecule has 2 rings (SSSR count). The first-order chi connectivity index (χ1) is 8.75. The molecule has 1 unspecified atom stereocenters. The zero-order valence-electron chi connectivity index (χ0n) is 10.9. The molecule has 18 heavy (non-hydrogen) atoms. The van der Waals surface area contributed by atoms with Crippen LogP contribution in [0.5, 0.6) is 5.75 Å². The van der Waals surface area contributed by atoms with Crippen LogP contribution in [0.1, 0.15) is 24.8 Å². The first-order valence-corrected chi connectivity index (χ1v) is 6.48. The van der Waals surface area contributed by atoms with Gasteiger partial charge in [-0.2, -0.15) is 0 Å². The zero-order valence-corrected chi connectivity index (χ0v) is 10.9. The van der Waals surface area contributed by atoms with E-state index in [9.17, 15) is 0 Å². The highest BCUT2D eigenvalue weighted by Crippen LogP contribution is 2.18. The summed E-state index contributed by atoms with van der Waals surface area (Å²) in [6, 6.07) is 5.67. The Morgan fingerprint density at radius 1 is 1.33 bits per heavy atom. The van der Waals surface area contributed by atoms with Crippen LogP contribution in [-0.4, -0.2) is 26.1 Å². The van der Waals surface area contributed by atoms with Crippen LogP contribution in [0.4, 0.5) is 5.69 Å². The summed E-state index contributed by atoms with van der Waals surface area (Å²) in [6.07, 6.45) is 3.26. The van der Waals surface area contributed by atoms with E-state index in [4.69, 9.17) is 19.9 Å². The molecular formula is C14H21NO3. The predicted octanol–water partition coefficient (Wildman–Crippen LogP) is 2.50. The lowest BCUT2D eigenvalue weighted by Gasteiger charge is -2.22. The number of nitrogens with two attached hydrogens (primary N) is 1. The van der Waals surface area contributed by atoms with Crippen molar-refractivity contribution in [1.82, 2.24) is 0 Å². The highest BCUT2D eigenvalue weighted by Gasteiger charge is 2.13. The number of rotatable bonds is 5. The fraction of sp³-hybridized carbons (Fsp3) is 0.571. The molecule has 4 heteroatoms. The van der Waals surface area contributed by atoms with Crippen molar-refractivity contribution in [1.29, 1.82) is 0 Å². The van der Waals surface area contributed by atoms with Gasteiger partial charge in [-0.15, -0.1) is 0 Å². The van der Waals surface area contributed by atoms with Gasteiger partial charge in [-0.1, -0.05) is 0 Å². The van der Waals surface area contributed by atoms with Crippen molar-refractivity contribution in [2.75, 3.05) is 25.6 Å². The molecule has 0 aromatic heterocycles. The van der Waals surface area contributed by atoms with Crippen LogP contribution in [-0.2, 0) is 9.47 Å². The lowest BCUT2D eigenvalue weighted by Crippen LogP contribution is -2.24. The Hall–Kier alpha value is -1.26. The van der Waals surface area contributed by atoms with Crippen molar-refractivity contribution in [3.63, 3.8) is 0 Å². The van der Waals surface area contributed by atoms with Crippen molar-refractivity contribution in [2.24, 2.45) is 0 Å². The number of nitrogen functional groups attached to an aromatic ring is 1. The largest absolute Gasteiger partial charge is 0.491 e. The van der Waals surface area contributed by atoms with Gasteiger partial charge < -0.3 is 19.9 Å². The molecule has 4 nitrogen and oxygen atoms in total. The first kappa shape index (κ1) is 13.2. The topological polar surface area (TPSA) is 53.7 Å². The van der Waals surface area contributed by atoms with Gasteiger partial charge in [0.2, 0.25) is 0 Å². The summed E-state index contributed by atoms with van der Waals surface area (Å²) >= 11 is 0. The van der Waals surface area contributed by atoms with E-state index in [1.54, 1.807) is 0 Å². The second kappa shape index (κ2) is 6.61. The first-order valence-electron chi connectivity index (χ1n) is 6.48. The second-order valence-corrected chi connectivity index (χ2v) is 4.53. The fourth-order valence-corrected chi connectivity index (χ4v) is 1.92. The van der Waals surface area contributed by atoms with E-state index in [0.717, 1.165) is 36.4 Å². The standard InChI is InChI=1S/C14H21NO3/c1-11-10-12(5-6-13(11)15)16-8-9-18-14-4-2-3-7-17-14/h5-6,10,14H,2-4,7-9,15H2,1H3. The molecule has 2 N–H and O–H groups in total. The van der Waals surface area contributed by atoms with E-state index in [1.165, 1.54) is 6.42 Å². The minimum atomic E-state index is -0.0458. The molecule has 1 aliphatic rings.